The highest BCUT2D eigenvalue weighted by molar-refractivity contribution is 5.75. The van der Waals surface area contributed by atoms with Gasteiger partial charge in [0.25, 0.3) is 0 Å². The number of nitrogens with one attached hydrogen (secondary N) is 2. The molecule has 0 saturated carbocycles. The molecule has 0 aliphatic carbocycles. The zero-order valence-corrected chi connectivity index (χ0v) is 9.01. The zero-order valence-electron chi connectivity index (χ0n) is 9.01. The monoisotopic (exact) mass is 203 g/mol. The fourth-order valence-corrected chi connectivity index (χ4v) is 0.896. The van der Waals surface area contributed by atoms with Gasteiger partial charge in [-0.25, -0.2) is 0 Å². The van der Waals surface area contributed by atoms with Gasteiger partial charge in [0, 0.05) is 39.2 Å². The summed E-state index contributed by atoms with van der Waals surface area (Å²) in [6, 6.07) is 0.266. The highest BCUT2D eigenvalue weighted by Gasteiger charge is 2.01. The Kier molecular flexibility index (Phi) is 8.51. The summed E-state index contributed by atoms with van der Waals surface area (Å²) in [5.74, 6) is 0.0405. The normalized spacial score (nSPS) is 12.5. The van der Waals surface area contributed by atoms with Crippen molar-refractivity contribution in [2.45, 2.75) is 19.4 Å². The van der Waals surface area contributed by atoms with Gasteiger partial charge in [-0.05, 0) is 6.92 Å². The van der Waals surface area contributed by atoms with Crippen LogP contribution in [0.25, 0.3) is 0 Å². The van der Waals surface area contributed by atoms with Crippen LogP contribution in [0.2, 0.25) is 0 Å². The number of rotatable bonds is 8. The predicted octanol–water partition coefficient (Wildman–Crippen LogP) is -0.924. The van der Waals surface area contributed by atoms with Gasteiger partial charge in [-0.15, -0.1) is 0 Å². The van der Waals surface area contributed by atoms with E-state index >= 15 is 0 Å². The smallest absolute Gasteiger partial charge is 0.221 e. The molecule has 0 aliphatic heterocycles. The number of carbonyl (C=O) groups is 1. The molecular formula is C9H21N3O2. The number of carbonyl (C=O) groups excluding carboxylic acids is 1. The van der Waals surface area contributed by atoms with Crippen LogP contribution in [0.1, 0.15) is 13.3 Å². The Morgan fingerprint density at radius 1 is 1.50 bits per heavy atom. The van der Waals surface area contributed by atoms with Crippen molar-refractivity contribution in [2.75, 3.05) is 33.4 Å². The van der Waals surface area contributed by atoms with Gasteiger partial charge in [-0.3, -0.25) is 4.79 Å². The first-order chi connectivity index (χ1) is 6.70. The van der Waals surface area contributed by atoms with E-state index in [0.29, 0.717) is 32.7 Å². The Labute approximate surface area is 85.4 Å². The van der Waals surface area contributed by atoms with Crippen molar-refractivity contribution in [3.63, 3.8) is 0 Å². The number of ether oxygens (including phenoxy) is 1. The lowest BCUT2D eigenvalue weighted by Gasteiger charge is -2.10. The highest BCUT2D eigenvalue weighted by Crippen LogP contribution is 1.81. The van der Waals surface area contributed by atoms with Crippen LogP contribution in [0.4, 0.5) is 0 Å². The Hall–Kier alpha value is -0.650. The lowest BCUT2D eigenvalue weighted by molar-refractivity contribution is -0.121. The van der Waals surface area contributed by atoms with Crippen molar-refractivity contribution < 1.29 is 9.53 Å². The molecule has 14 heavy (non-hydrogen) atoms. The molecule has 0 spiro atoms. The summed E-state index contributed by atoms with van der Waals surface area (Å²) in [4.78, 5) is 11.1. The third-order valence-electron chi connectivity index (χ3n) is 1.83. The minimum absolute atomic E-state index is 0.0405. The van der Waals surface area contributed by atoms with E-state index in [-0.39, 0.29) is 11.9 Å². The predicted molar refractivity (Wildman–Crippen MR) is 56.0 cm³/mol. The molecule has 0 aromatic carbocycles. The third-order valence-corrected chi connectivity index (χ3v) is 1.83. The van der Waals surface area contributed by atoms with E-state index in [1.807, 2.05) is 6.92 Å². The molecule has 1 unspecified atom stereocenters. The average Bonchev–Trinajstić information content (AvgIpc) is 2.18. The van der Waals surface area contributed by atoms with Crippen LogP contribution >= 0.6 is 0 Å². The number of hydrogen-bond donors (Lipinski definition) is 3. The Balaban J connectivity index is 3.26. The van der Waals surface area contributed by atoms with Gasteiger partial charge in [-0.2, -0.15) is 0 Å². The molecule has 84 valence electrons. The van der Waals surface area contributed by atoms with Gasteiger partial charge in [-0.1, -0.05) is 0 Å². The molecular weight excluding hydrogens is 182 g/mol. The molecule has 0 heterocycles. The maximum absolute atomic E-state index is 11.1. The van der Waals surface area contributed by atoms with Crippen LogP contribution in [0.15, 0.2) is 0 Å². The van der Waals surface area contributed by atoms with Crippen LogP contribution in [-0.4, -0.2) is 45.3 Å². The summed E-state index contributed by atoms with van der Waals surface area (Å²) < 4.78 is 4.81. The quantitative estimate of drug-likeness (QED) is 0.446. The first-order valence-electron chi connectivity index (χ1n) is 4.89. The molecule has 0 aromatic rings. The maximum atomic E-state index is 11.1. The van der Waals surface area contributed by atoms with E-state index < -0.39 is 0 Å². The average molecular weight is 203 g/mol. The first-order valence-corrected chi connectivity index (χ1v) is 4.89. The number of nitrogens with two attached hydrogens (primary N) is 1. The van der Waals surface area contributed by atoms with Crippen molar-refractivity contribution >= 4 is 5.91 Å². The molecule has 1 amide bonds. The van der Waals surface area contributed by atoms with Crippen molar-refractivity contribution in [1.29, 1.82) is 0 Å². The molecule has 5 heteroatoms. The number of methoxy groups -OCH3 is 1. The summed E-state index contributed by atoms with van der Waals surface area (Å²) >= 11 is 0. The summed E-state index contributed by atoms with van der Waals surface area (Å²) in [7, 11) is 1.61. The topological polar surface area (TPSA) is 76.4 Å². The van der Waals surface area contributed by atoms with Crippen molar-refractivity contribution in [1.82, 2.24) is 10.6 Å². The SMILES string of the molecule is COCCNC(=O)CCNC(C)CN. The van der Waals surface area contributed by atoms with Gasteiger partial charge < -0.3 is 21.1 Å². The minimum Gasteiger partial charge on any atom is -0.383 e. The Morgan fingerprint density at radius 2 is 2.21 bits per heavy atom. The van der Waals surface area contributed by atoms with Crippen molar-refractivity contribution in [2.24, 2.45) is 5.73 Å². The highest BCUT2D eigenvalue weighted by atomic mass is 16.5. The van der Waals surface area contributed by atoms with Gasteiger partial charge >= 0.3 is 0 Å². The Morgan fingerprint density at radius 3 is 2.79 bits per heavy atom. The van der Waals surface area contributed by atoms with Crippen LogP contribution in [-0.2, 0) is 9.53 Å². The molecule has 0 aromatic heterocycles. The van der Waals surface area contributed by atoms with E-state index in [9.17, 15) is 4.79 Å². The molecule has 0 fully saturated rings. The molecule has 0 rings (SSSR count). The molecule has 1 atom stereocenters. The van der Waals surface area contributed by atoms with E-state index in [0.717, 1.165) is 0 Å². The van der Waals surface area contributed by atoms with Crippen LogP contribution in [0, 0.1) is 0 Å². The molecule has 4 N–H and O–H groups in total. The molecule has 0 aliphatic rings. The molecule has 5 nitrogen and oxygen atoms in total. The fraction of sp³-hybridized carbons (Fsp3) is 0.889. The Bertz CT molecular complexity index is 153. The standard InChI is InChI=1S/C9H21N3O2/c1-8(7-10)11-4-3-9(13)12-5-6-14-2/h8,11H,3-7,10H2,1-2H3,(H,12,13). The van der Waals surface area contributed by atoms with E-state index in [4.69, 9.17) is 10.5 Å². The van der Waals surface area contributed by atoms with E-state index in [2.05, 4.69) is 10.6 Å². The third kappa shape index (κ3) is 7.97. The summed E-state index contributed by atoms with van der Waals surface area (Å²) in [5.41, 5.74) is 5.41. The second-order valence-corrected chi connectivity index (χ2v) is 3.18. The number of amides is 1. The van der Waals surface area contributed by atoms with Crippen molar-refractivity contribution in [3.8, 4) is 0 Å². The van der Waals surface area contributed by atoms with Crippen LogP contribution < -0.4 is 16.4 Å². The fourth-order valence-electron chi connectivity index (χ4n) is 0.896. The van der Waals surface area contributed by atoms with E-state index in [1.165, 1.54) is 0 Å². The van der Waals surface area contributed by atoms with Crippen molar-refractivity contribution in [3.05, 3.63) is 0 Å². The number of hydrogen-bond acceptors (Lipinski definition) is 4. The summed E-state index contributed by atoms with van der Waals surface area (Å²) in [5, 5.41) is 5.88. The largest absolute Gasteiger partial charge is 0.383 e. The lowest BCUT2D eigenvalue weighted by Crippen LogP contribution is -2.36. The second-order valence-electron chi connectivity index (χ2n) is 3.18. The zero-order chi connectivity index (χ0) is 10.8. The minimum atomic E-state index is 0.0405. The van der Waals surface area contributed by atoms with Gasteiger partial charge in [0.05, 0.1) is 6.61 Å². The lowest BCUT2D eigenvalue weighted by atomic mass is 10.3. The maximum Gasteiger partial charge on any atom is 0.221 e. The molecule has 0 saturated heterocycles. The second kappa shape index (κ2) is 8.93. The summed E-state index contributed by atoms with van der Waals surface area (Å²) in [6.07, 6.45) is 0.480. The van der Waals surface area contributed by atoms with Crippen LogP contribution in [0.3, 0.4) is 0 Å². The van der Waals surface area contributed by atoms with Crippen LogP contribution in [0.5, 0.6) is 0 Å². The molecule has 0 radical (unpaired) electrons. The molecule has 0 bridgehead atoms. The van der Waals surface area contributed by atoms with Gasteiger partial charge in [0.1, 0.15) is 0 Å². The van der Waals surface area contributed by atoms with E-state index in [1.54, 1.807) is 7.11 Å². The summed E-state index contributed by atoms with van der Waals surface area (Å²) in [6.45, 7) is 4.37. The first kappa shape index (κ1) is 13.4. The van der Waals surface area contributed by atoms with Gasteiger partial charge in [0.2, 0.25) is 5.91 Å². The van der Waals surface area contributed by atoms with Gasteiger partial charge in [0.15, 0.2) is 0 Å².